The fourth-order valence-electron chi connectivity index (χ4n) is 2.92. The lowest BCUT2D eigenvalue weighted by molar-refractivity contribution is -0.142. The van der Waals surface area contributed by atoms with Crippen molar-refractivity contribution in [2.24, 2.45) is 0 Å². The minimum atomic E-state index is -0.876. The fraction of sp³-hybridized carbons (Fsp3) is 0.238. The largest absolute Gasteiger partial charge is 0.497 e. The Morgan fingerprint density at radius 3 is 2.61 bits per heavy atom. The summed E-state index contributed by atoms with van der Waals surface area (Å²) in [4.78, 5) is 27.5. The van der Waals surface area contributed by atoms with Gasteiger partial charge in [0.15, 0.2) is 0 Å². The first-order valence-electron chi connectivity index (χ1n) is 8.79. The van der Waals surface area contributed by atoms with Crippen molar-refractivity contribution in [3.8, 4) is 5.75 Å². The van der Waals surface area contributed by atoms with Crippen molar-refractivity contribution >= 4 is 23.0 Å². The molecule has 1 amide bonds. The summed E-state index contributed by atoms with van der Waals surface area (Å²) in [5.74, 6) is 0.159. The van der Waals surface area contributed by atoms with E-state index in [0.717, 1.165) is 22.0 Å². The molecule has 7 heteroatoms. The lowest BCUT2D eigenvalue weighted by Gasteiger charge is -2.16. The van der Waals surface area contributed by atoms with Gasteiger partial charge < -0.3 is 24.5 Å². The summed E-state index contributed by atoms with van der Waals surface area (Å²) in [6.45, 7) is 0.116. The van der Waals surface area contributed by atoms with Crippen molar-refractivity contribution in [3.63, 3.8) is 0 Å². The molecule has 0 fully saturated rings. The van der Waals surface area contributed by atoms with E-state index in [4.69, 9.17) is 14.2 Å². The number of hydrogen-bond donors (Lipinski definition) is 2. The van der Waals surface area contributed by atoms with E-state index in [0.29, 0.717) is 5.75 Å². The Morgan fingerprint density at radius 1 is 1.11 bits per heavy atom. The van der Waals surface area contributed by atoms with Crippen LogP contribution in [-0.2, 0) is 27.3 Å². The van der Waals surface area contributed by atoms with Crippen LogP contribution in [0.4, 0.5) is 4.79 Å². The Kier molecular flexibility index (Phi) is 6.16. The van der Waals surface area contributed by atoms with Crippen LogP contribution in [0.1, 0.15) is 11.1 Å². The van der Waals surface area contributed by atoms with E-state index in [1.807, 2.05) is 48.5 Å². The Bertz CT molecular complexity index is 952. The van der Waals surface area contributed by atoms with Crippen molar-refractivity contribution in [1.29, 1.82) is 0 Å². The molecule has 0 aliphatic rings. The zero-order valence-electron chi connectivity index (χ0n) is 15.7. The highest BCUT2D eigenvalue weighted by molar-refractivity contribution is 5.87. The molecular weight excluding hydrogens is 360 g/mol. The number of carbonyl (C=O) groups excluding carboxylic acids is 2. The molecule has 2 aromatic carbocycles. The van der Waals surface area contributed by atoms with Crippen LogP contribution in [0.25, 0.3) is 10.9 Å². The summed E-state index contributed by atoms with van der Waals surface area (Å²) in [6, 6.07) is 14.0. The maximum Gasteiger partial charge on any atom is 0.408 e. The zero-order valence-corrected chi connectivity index (χ0v) is 15.7. The van der Waals surface area contributed by atoms with Gasteiger partial charge in [-0.05, 0) is 29.3 Å². The van der Waals surface area contributed by atoms with Crippen LogP contribution in [0.2, 0.25) is 0 Å². The molecule has 3 rings (SSSR count). The first-order valence-corrected chi connectivity index (χ1v) is 8.79. The number of amides is 1. The number of carbonyl (C=O) groups is 2. The normalized spacial score (nSPS) is 11.6. The van der Waals surface area contributed by atoms with Gasteiger partial charge >= 0.3 is 12.1 Å². The van der Waals surface area contributed by atoms with E-state index in [-0.39, 0.29) is 13.0 Å². The van der Waals surface area contributed by atoms with E-state index < -0.39 is 18.1 Å². The predicted molar refractivity (Wildman–Crippen MR) is 104 cm³/mol. The number of H-pyrrole nitrogens is 1. The van der Waals surface area contributed by atoms with Gasteiger partial charge in [-0.25, -0.2) is 9.59 Å². The Morgan fingerprint density at radius 2 is 1.89 bits per heavy atom. The van der Waals surface area contributed by atoms with Gasteiger partial charge in [-0.1, -0.05) is 30.3 Å². The standard InChI is InChI=1S/C21H22N2O5/c1-26-16-8-9-18-17(11-16)15(12-22-18)10-19(20(24)27-2)23-21(25)28-13-14-6-4-3-5-7-14/h3-9,11-12,19,22H,10,13H2,1-2H3,(H,23,25)/t19-/m0/s1. The quantitative estimate of drug-likeness (QED) is 0.613. The number of nitrogens with one attached hydrogen (secondary N) is 2. The fourth-order valence-corrected chi connectivity index (χ4v) is 2.92. The molecule has 0 aliphatic carbocycles. The van der Waals surface area contributed by atoms with Gasteiger partial charge in [0.05, 0.1) is 14.2 Å². The van der Waals surface area contributed by atoms with Gasteiger partial charge in [-0.3, -0.25) is 0 Å². The van der Waals surface area contributed by atoms with E-state index in [2.05, 4.69) is 10.3 Å². The number of ether oxygens (including phenoxy) is 3. The molecule has 1 heterocycles. The highest BCUT2D eigenvalue weighted by Crippen LogP contribution is 2.24. The molecule has 28 heavy (non-hydrogen) atoms. The van der Waals surface area contributed by atoms with Crippen LogP contribution in [0.15, 0.2) is 54.7 Å². The SMILES string of the molecule is COC(=O)[C@H](Cc1c[nH]c2ccc(OC)cc12)NC(=O)OCc1ccccc1. The molecule has 146 valence electrons. The summed E-state index contributed by atoms with van der Waals surface area (Å²) in [7, 11) is 2.87. The molecule has 0 radical (unpaired) electrons. The van der Waals surface area contributed by atoms with Crippen molar-refractivity contribution in [1.82, 2.24) is 10.3 Å². The lowest BCUT2D eigenvalue weighted by Crippen LogP contribution is -2.43. The summed E-state index contributed by atoms with van der Waals surface area (Å²) in [5, 5.41) is 3.50. The summed E-state index contributed by atoms with van der Waals surface area (Å²) < 4.78 is 15.3. The Labute approximate surface area is 162 Å². The molecule has 7 nitrogen and oxygen atoms in total. The number of aromatic nitrogens is 1. The average Bonchev–Trinajstić information content (AvgIpc) is 3.13. The van der Waals surface area contributed by atoms with Gasteiger partial charge in [0.2, 0.25) is 0 Å². The topological polar surface area (TPSA) is 89.7 Å². The highest BCUT2D eigenvalue weighted by atomic mass is 16.6. The van der Waals surface area contributed by atoms with E-state index >= 15 is 0 Å². The second-order valence-electron chi connectivity index (χ2n) is 6.21. The van der Waals surface area contributed by atoms with Crippen molar-refractivity contribution in [3.05, 3.63) is 65.9 Å². The molecule has 0 spiro atoms. The number of hydrogen-bond acceptors (Lipinski definition) is 5. The number of rotatable bonds is 7. The molecule has 3 aromatic rings. The van der Waals surface area contributed by atoms with Gasteiger partial charge in [0.25, 0.3) is 0 Å². The monoisotopic (exact) mass is 382 g/mol. The van der Waals surface area contributed by atoms with E-state index in [1.165, 1.54) is 7.11 Å². The van der Waals surface area contributed by atoms with Crippen molar-refractivity contribution < 1.29 is 23.8 Å². The van der Waals surface area contributed by atoms with E-state index in [1.54, 1.807) is 13.3 Å². The van der Waals surface area contributed by atoms with Crippen molar-refractivity contribution in [2.75, 3.05) is 14.2 Å². The van der Waals surface area contributed by atoms with Gasteiger partial charge in [0.1, 0.15) is 18.4 Å². The molecule has 0 bridgehead atoms. The van der Waals surface area contributed by atoms with Crippen LogP contribution in [0, 0.1) is 0 Å². The average molecular weight is 382 g/mol. The van der Waals surface area contributed by atoms with Crippen LogP contribution in [0.5, 0.6) is 5.75 Å². The second kappa shape index (κ2) is 8.94. The molecular formula is C21H22N2O5. The number of alkyl carbamates (subject to hydrolysis) is 1. The number of benzene rings is 2. The molecule has 0 aliphatic heterocycles. The minimum Gasteiger partial charge on any atom is -0.497 e. The van der Waals surface area contributed by atoms with Gasteiger partial charge in [-0.2, -0.15) is 0 Å². The molecule has 1 aromatic heterocycles. The minimum absolute atomic E-state index is 0.116. The van der Waals surface area contributed by atoms with Crippen LogP contribution >= 0.6 is 0 Å². The highest BCUT2D eigenvalue weighted by Gasteiger charge is 2.24. The molecule has 0 saturated heterocycles. The maximum atomic E-state index is 12.2. The van der Waals surface area contributed by atoms with Crippen LogP contribution in [-0.4, -0.2) is 37.3 Å². The Hall–Kier alpha value is -3.48. The summed E-state index contributed by atoms with van der Waals surface area (Å²) >= 11 is 0. The number of fused-ring (bicyclic) bond motifs is 1. The third kappa shape index (κ3) is 4.62. The number of methoxy groups -OCH3 is 2. The lowest BCUT2D eigenvalue weighted by atomic mass is 10.0. The smallest absolute Gasteiger partial charge is 0.408 e. The Balaban J connectivity index is 1.70. The predicted octanol–water partition coefficient (Wildman–Crippen LogP) is 3.19. The summed E-state index contributed by atoms with van der Waals surface area (Å²) in [6.07, 6.45) is 1.37. The van der Waals surface area contributed by atoms with Crippen molar-refractivity contribution in [2.45, 2.75) is 19.1 Å². The molecule has 0 unspecified atom stereocenters. The molecule has 0 saturated carbocycles. The van der Waals surface area contributed by atoms with Crippen LogP contribution < -0.4 is 10.1 Å². The first kappa shape index (κ1) is 19.3. The third-order valence-corrected chi connectivity index (χ3v) is 4.39. The maximum absolute atomic E-state index is 12.2. The molecule has 2 N–H and O–H groups in total. The molecule has 1 atom stereocenters. The first-order chi connectivity index (χ1) is 13.6. The third-order valence-electron chi connectivity index (χ3n) is 4.39. The second-order valence-corrected chi connectivity index (χ2v) is 6.21. The number of esters is 1. The van der Waals surface area contributed by atoms with E-state index in [9.17, 15) is 9.59 Å². The van der Waals surface area contributed by atoms with Gasteiger partial charge in [-0.15, -0.1) is 0 Å². The zero-order chi connectivity index (χ0) is 19.9. The van der Waals surface area contributed by atoms with Crippen LogP contribution in [0.3, 0.4) is 0 Å². The number of aromatic amines is 1. The van der Waals surface area contributed by atoms with Gasteiger partial charge in [0, 0.05) is 23.5 Å². The summed E-state index contributed by atoms with van der Waals surface area (Å²) in [5.41, 5.74) is 2.62.